The van der Waals surface area contributed by atoms with Gasteiger partial charge in [0, 0.05) is 31.7 Å². The fraction of sp³-hybridized carbons (Fsp3) is 0.294. The summed E-state index contributed by atoms with van der Waals surface area (Å²) < 4.78 is 0. The van der Waals surface area contributed by atoms with Crippen molar-refractivity contribution < 1.29 is 0 Å². The Morgan fingerprint density at radius 1 is 1.05 bits per heavy atom. The molecule has 0 unspecified atom stereocenters. The van der Waals surface area contributed by atoms with E-state index in [1.54, 1.807) is 0 Å². The molecule has 104 valence electrons. The van der Waals surface area contributed by atoms with E-state index in [2.05, 4.69) is 66.2 Å². The first-order chi connectivity index (χ1) is 9.70. The third-order valence-corrected chi connectivity index (χ3v) is 4.31. The van der Waals surface area contributed by atoms with E-state index in [0.717, 1.165) is 13.1 Å². The number of nitrogens with zero attached hydrogens (tertiary/aromatic N) is 2. The van der Waals surface area contributed by atoms with E-state index in [1.165, 1.54) is 28.2 Å². The first-order valence-electron chi connectivity index (χ1n) is 6.94. The molecule has 0 N–H and O–H groups in total. The second kappa shape index (κ2) is 5.37. The van der Waals surface area contributed by atoms with Crippen molar-refractivity contribution in [1.82, 2.24) is 0 Å². The predicted octanol–water partition coefficient (Wildman–Crippen LogP) is 4.32. The predicted molar refractivity (Wildman–Crippen MR) is 87.5 cm³/mol. The van der Waals surface area contributed by atoms with Gasteiger partial charge in [-0.3, -0.25) is 0 Å². The molecule has 1 heterocycles. The molecule has 2 aromatic rings. The second-order valence-corrected chi connectivity index (χ2v) is 5.57. The molecule has 0 bridgehead atoms. The van der Waals surface area contributed by atoms with Crippen molar-refractivity contribution in [2.45, 2.75) is 12.8 Å². The van der Waals surface area contributed by atoms with Crippen molar-refractivity contribution in [2.24, 2.45) is 0 Å². The largest absolute Gasteiger partial charge is 0.371 e. The maximum Gasteiger partial charge on any atom is 0.0649 e. The zero-order valence-corrected chi connectivity index (χ0v) is 12.7. The Kier molecular flexibility index (Phi) is 3.58. The molecule has 1 aliphatic heterocycles. The molecule has 0 radical (unpaired) electrons. The van der Waals surface area contributed by atoms with Gasteiger partial charge in [-0.2, -0.15) is 0 Å². The average molecular weight is 287 g/mol. The minimum Gasteiger partial charge on any atom is -0.371 e. The van der Waals surface area contributed by atoms with Crippen LogP contribution in [0.2, 0.25) is 0 Å². The highest BCUT2D eigenvalue weighted by Gasteiger charge is 2.21. The number of rotatable bonds is 2. The first-order valence-corrected chi connectivity index (χ1v) is 7.47. The van der Waals surface area contributed by atoms with Crippen LogP contribution in [0.3, 0.4) is 0 Å². The normalized spacial score (nSPS) is 14.3. The number of hydrogen-bond acceptors (Lipinski definition) is 2. The number of alkyl halides is 1. The lowest BCUT2D eigenvalue weighted by Gasteiger charge is -2.37. The Labute approximate surface area is 125 Å². The number of fused-ring (bicyclic) bond motifs is 1. The van der Waals surface area contributed by atoms with Crippen LogP contribution in [-0.2, 0) is 5.88 Å². The Morgan fingerprint density at radius 2 is 1.80 bits per heavy atom. The van der Waals surface area contributed by atoms with E-state index in [0.29, 0.717) is 5.88 Å². The highest BCUT2D eigenvalue weighted by atomic mass is 35.5. The maximum absolute atomic E-state index is 5.95. The summed E-state index contributed by atoms with van der Waals surface area (Å²) in [7, 11) is 2.15. The lowest BCUT2D eigenvalue weighted by atomic mass is 10.1. The molecule has 3 heteroatoms. The van der Waals surface area contributed by atoms with Crippen LogP contribution in [0.5, 0.6) is 0 Å². The molecule has 2 aromatic carbocycles. The van der Waals surface area contributed by atoms with Crippen molar-refractivity contribution in [3.8, 4) is 0 Å². The van der Waals surface area contributed by atoms with E-state index >= 15 is 0 Å². The van der Waals surface area contributed by atoms with Crippen LogP contribution in [0.4, 0.5) is 17.1 Å². The monoisotopic (exact) mass is 286 g/mol. The van der Waals surface area contributed by atoms with Gasteiger partial charge in [0.25, 0.3) is 0 Å². The molecule has 0 aliphatic carbocycles. The number of aryl methyl sites for hydroxylation is 1. The molecule has 0 amide bonds. The van der Waals surface area contributed by atoms with Crippen molar-refractivity contribution in [1.29, 1.82) is 0 Å². The van der Waals surface area contributed by atoms with E-state index in [9.17, 15) is 0 Å². The van der Waals surface area contributed by atoms with Gasteiger partial charge in [-0.1, -0.05) is 18.2 Å². The summed E-state index contributed by atoms with van der Waals surface area (Å²) in [6.45, 7) is 4.17. The number of para-hydroxylation sites is 2. The molecule has 2 nitrogen and oxygen atoms in total. The molecule has 0 aromatic heterocycles. The number of hydrogen-bond donors (Lipinski definition) is 0. The summed E-state index contributed by atoms with van der Waals surface area (Å²) in [6, 6.07) is 15.1. The van der Waals surface area contributed by atoms with Gasteiger partial charge in [-0.05, 0) is 42.3 Å². The molecule has 0 atom stereocenters. The third-order valence-electron chi connectivity index (χ3n) is 4.02. The molecular weight excluding hydrogens is 268 g/mol. The minimum atomic E-state index is 0.575. The van der Waals surface area contributed by atoms with E-state index in [4.69, 9.17) is 11.6 Å². The van der Waals surface area contributed by atoms with Gasteiger partial charge in [0.1, 0.15) is 0 Å². The van der Waals surface area contributed by atoms with E-state index in [1.807, 2.05) is 0 Å². The Hall–Kier alpha value is -1.67. The van der Waals surface area contributed by atoms with Gasteiger partial charge in [-0.25, -0.2) is 0 Å². The summed E-state index contributed by atoms with van der Waals surface area (Å²) in [5.41, 5.74) is 6.28. The van der Waals surface area contributed by atoms with Crippen molar-refractivity contribution in [2.75, 3.05) is 29.9 Å². The van der Waals surface area contributed by atoms with Crippen LogP contribution in [0.15, 0.2) is 42.5 Å². The van der Waals surface area contributed by atoms with Gasteiger partial charge in [0.15, 0.2) is 0 Å². The molecule has 0 fully saturated rings. The second-order valence-electron chi connectivity index (χ2n) is 5.31. The van der Waals surface area contributed by atoms with Crippen molar-refractivity contribution >= 4 is 28.7 Å². The number of benzene rings is 2. The number of anilines is 3. The van der Waals surface area contributed by atoms with E-state index < -0.39 is 0 Å². The molecule has 0 saturated heterocycles. The van der Waals surface area contributed by atoms with Crippen LogP contribution in [0.1, 0.15) is 11.1 Å². The van der Waals surface area contributed by atoms with Crippen LogP contribution >= 0.6 is 11.6 Å². The van der Waals surface area contributed by atoms with Gasteiger partial charge < -0.3 is 9.80 Å². The summed E-state index contributed by atoms with van der Waals surface area (Å²) in [6.07, 6.45) is 0. The third kappa shape index (κ3) is 2.25. The topological polar surface area (TPSA) is 6.48 Å². The smallest absolute Gasteiger partial charge is 0.0649 e. The Bertz CT molecular complexity index is 624. The number of likely N-dealkylation sites (N-methyl/N-ethyl adjacent to an activating group) is 1. The SMILES string of the molecule is Cc1cc(N2CCN(C)c3ccccc32)ccc1CCl. The fourth-order valence-electron chi connectivity index (χ4n) is 2.77. The summed E-state index contributed by atoms with van der Waals surface area (Å²) in [4.78, 5) is 4.70. The van der Waals surface area contributed by atoms with Gasteiger partial charge >= 0.3 is 0 Å². The molecule has 0 saturated carbocycles. The molecule has 0 spiro atoms. The van der Waals surface area contributed by atoms with E-state index in [-0.39, 0.29) is 0 Å². The average Bonchev–Trinajstić information content (AvgIpc) is 2.48. The zero-order chi connectivity index (χ0) is 14.1. The summed E-state index contributed by atoms with van der Waals surface area (Å²) in [5, 5.41) is 0. The Morgan fingerprint density at radius 3 is 2.50 bits per heavy atom. The molecular formula is C17H19ClN2. The highest BCUT2D eigenvalue weighted by molar-refractivity contribution is 6.17. The molecule has 3 rings (SSSR count). The maximum atomic E-state index is 5.95. The van der Waals surface area contributed by atoms with Gasteiger partial charge in [0.05, 0.1) is 11.4 Å². The zero-order valence-electron chi connectivity index (χ0n) is 11.9. The molecule has 1 aliphatic rings. The lowest BCUT2D eigenvalue weighted by Crippen LogP contribution is -2.36. The van der Waals surface area contributed by atoms with Crippen molar-refractivity contribution in [3.05, 3.63) is 53.6 Å². The van der Waals surface area contributed by atoms with Crippen molar-refractivity contribution in [3.63, 3.8) is 0 Å². The number of halogens is 1. The van der Waals surface area contributed by atoms with Crippen LogP contribution in [0.25, 0.3) is 0 Å². The minimum absolute atomic E-state index is 0.575. The molecule has 20 heavy (non-hydrogen) atoms. The van der Waals surface area contributed by atoms with Crippen LogP contribution in [0, 0.1) is 6.92 Å². The van der Waals surface area contributed by atoms with Crippen LogP contribution in [-0.4, -0.2) is 20.1 Å². The summed E-state index contributed by atoms with van der Waals surface area (Å²) in [5.74, 6) is 0.575. The highest BCUT2D eigenvalue weighted by Crippen LogP contribution is 2.37. The first kappa shape index (κ1) is 13.3. The van der Waals surface area contributed by atoms with Gasteiger partial charge in [0.2, 0.25) is 0 Å². The lowest BCUT2D eigenvalue weighted by molar-refractivity contribution is 0.821. The quantitative estimate of drug-likeness (QED) is 0.759. The summed E-state index contributed by atoms with van der Waals surface area (Å²) >= 11 is 5.95. The van der Waals surface area contributed by atoms with Crippen LogP contribution < -0.4 is 9.80 Å². The standard InChI is InChI=1S/C17H19ClN2/c1-13-11-15(8-7-14(13)12-18)20-10-9-19(2)16-5-3-4-6-17(16)20/h3-8,11H,9-10,12H2,1-2H3. The van der Waals surface area contributed by atoms with Gasteiger partial charge in [-0.15, -0.1) is 11.6 Å². The Balaban J connectivity index is 2.03. The fourth-order valence-corrected chi connectivity index (χ4v) is 3.07.